The second kappa shape index (κ2) is 15.0. The van der Waals surface area contributed by atoms with Gasteiger partial charge in [-0.1, -0.05) is 200 Å². The van der Waals surface area contributed by atoms with Gasteiger partial charge in [0, 0.05) is 33.8 Å². The van der Waals surface area contributed by atoms with Crippen molar-refractivity contribution < 1.29 is 0 Å². The third kappa shape index (κ3) is 5.58. The predicted octanol–water partition coefficient (Wildman–Crippen LogP) is 16.1. The Morgan fingerprint density at radius 2 is 0.824 bits per heavy atom. The van der Waals surface area contributed by atoms with Crippen molar-refractivity contribution in [1.29, 1.82) is 0 Å². The molecule has 1 aromatic heterocycles. The minimum atomic E-state index is -0.744. The van der Waals surface area contributed by atoms with Gasteiger partial charge in [0.05, 0.1) is 5.41 Å². The number of para-hydroxylation sites is 2. The number of benzene rings is 11. The summed E-state index contributed by atoms with van der Waals surface area (Å²) in [6, 6.07) is 87.8. The highest BCUT2D eigenvalue weighted by molar-refractivity contribution is 6.26. The third-order valence-corrected chi connectivity index (χ3v) is 14.3. The fourth-order valence-electron chi connectivity index (χ4n) is 11.5. The number of anilines is 3. The highest BCUT2D eigenvalue weighted by Gasteiger charge is 2.53. The van der Waals surface area contributed by atoms with E-state index in [0.717, 1.165) is 33.8 Å². The van der Waals surface area contributed by atoms with Crippen LogP contribution in [-0.4, -0.2) is 15.0 Å². The largest absolute Gasteiger partial charge is 0.310 e. The molecule has 0 radical (unpaired) electrons. The lowest BCUT2D eigenvalue weighted by molar-refractivity contribution is 0.802. The summed E-state index contributed by atoms with van der Waals surface area (Å²) in [6.07, 6.45) is 0. The van der Waals surface area contributed by atoms with Gasteiger partial charge in [-0.3, -0.25) is 0 Å². The van der Waals surface area contributed by atoms with E-state index in [1.165, 1.54) is 76.8 Å². The predicted molar refractivity (Wildman–Crippen MR) is 280 cm³/mol. The second-order valence-electron chi connectivity index (χ2n) is 17.8. The van der Waals surface area contributed by atoms with Gasteiger partial charge < -0.3 is 4.90 Å². The third-order valence-electron chi connectivity index (χ3n) is 14.3. The molecule has 316 valence electrons. The van der Waals surface area contributed by atoms with Crippen molar-refractivity contribution >= 4 is 49.4 Å². The fourth-order valence-corrected chi connectivity index (χ4v) is 11.5. The Labute approximate surface area is 394 Å². The van der Waals surface area contributed by atoms with Crippen LogP contribution in [0.3, 0.4) is 0 Å². The molecule has 2 aliphatic rings. The number of aromatic nitrogens is 3. The zero-order chi connectivity index (χ0) is 44.8. The molecule has 4 nitrogen and oxygen atoms in total. The first kappa shape index (κ1) is 38.3. The Bertz CT molecular complexity index is 3870. The summed E-state index contributed by atoms with van der Waals surface area (Å²) in [7, 11) is 0. The molecule has 0 fully saturated rings. The van der Waals surface area contributed by atoms with Gasteiger partial charge in [0.2, 0.25) is 0 Å². The van der Waals surface area contributed by atoms with Crippen LogP contribution in [0.1, 0.15) is 22.3 Å². The van der Waals surface area contributed by atoms with Crippen molar-refractivity contribution in [1.82, 2.24) is 15.0 Å². The maximum atomic E-state index is 5.29. The number of rotatable bonds is 6. The first-order valence-corrected chi connectivity index (χ1v) is 23.3. The van der Waals surface area contributed by atoms with E-state index < -0.39 is 5.41 Å². The van der Waals surface area contributed by atoms with Crippen LogP contribution in [0.15, 0.2) is 243 Å². The van der Waals surface area contributed by atoms with Crippen LogP contribution < -0.4 is 4.90 Å². The summed E-state index contributed by atoms with van der Waals surface area (Å²) < 4.78 is 0. The van der Waals surface area contributed by atoms with Crippen LogP contribution in [0, 0.1) is 0 Å². The molecule has 2 aliphatic carbocycles. The monoisotopic (exact) mass is 864 g/mol. The number of fused-ring (bicyclic) bond motifs is 17. The van der Waals surface area contributed by atoms with Gasteiger partial charge in [0.25, 0.3) is 0 Å². The van der Waals surface area contributed by atoms with E-state index in [2.05, 4.69) is 211 Å². The van der Waals surface area contributed by atoms with Crippen LogP contribution in [0.5, 0.6) is 0 Å². The molecule has 0 aliphatic heterocycles. The van der Waals surface area contributed by atoms with Gasteiger partial charge in [-0.05, 0) is 119 Å². The number of hydrogen-bond acceptors (Lipinski definition) is 4. The molecule has 0 saturated heterocycles. The second-order valence-corrected chi connectivity index (χ2v) is 17.8. The average molecular weight is 865 g/mol. The summed E-state index contributed by atoms with van der Waals surface area (Å²) in [6.45, 7) is 0. The van der Waals surface area contributed by atoms with Crippen molar-refractivity contribution in [2.24, 2.45) is 0 Å². The van der Waals surface area contributed by atoms with Crippen molar-refractivity contribution in [3.8, 4) is 56.4 Å². The molecule has 12 aromatic rings. The highest BCUT2D eigenvalue weighted by Crippen LogP contribution is 2.66. The average Bonchev–Trinajstić information content (AvgIpc) is 3.89. The van der Waals surface area contributed by atoms with E-state index in [9.17, 15) is 0 Å². The highest BCUT2D eigenvalue weighted by atomic mass is 15.1. The molecule has 1 unspecified atom stereocenters. The van der Waals surface area contributed by atoms with Crippen LogP contribution in [0.25, 0.3) is 88.7 Å². The maximum Gasteiger partial charge on any atom is 0.164 e. The lowest BCUT2D eigenvalue weighted by Crippen LogP contribution is -2.27. The zero-order valence-electron chi connectivity index (χ0n) is 36.9. The van der Waals surface area contributed by atoms with Crippen molar-refractivity contribution in [3.63, 3.8) is 0 Å². The molecular weight excluding hydrogens is 825 g/mol. The SMILES string of the molecule is c1ccc(-c2nc(-c3ccccc3)nc(-c3ccc4c(c3)C3(c5cc(N(c6ccccc6)c6ccccc6)ccc5-4)c4ccccc4-c4c3c3c5ccccc5ccc3c3ccccc43)n2)cc1. The number of hydrogen-bond donors (Lipinski definition) is 0. The van der Waals surface area contributed by atoms with Crippen LogP contribution in [0.4, 0.5) is 17.1 Å². The molecule has 0 amide bonds. The molecule has 0 N–H and O–H groups in total. The van der Waals surface area contributed by atoms with E-state index in [4.69, 9.17) is 15.0 Å². The van der Waals surface area contributed by atoms with E-state index in [0.29, 0.717) is 17.5 Å². The summed E-state index contributed by atoms with van der Waals surface area (Å²) in [5.74, 6) is 1.91. The Balaban J connectivity index is 1.13. The first-order chi connectivity index (χ1) is 33.7. The Hall–Kier alpha value is -8.99. The molecule has 1 heterocycles. The van der Waals surface area contributed by atoms with E-state index in [1.54, 1.807) is 0 Å². The molecule has 14 rings (SSSR count). The summed E-state index contributed by atoms with van der Waals surface area (Å²) in [5.41, 5.74) is 15.4. The molecule has 1 atom stereocenters. The topological polar surface area (TPSA) is 41.9 Å². The van der Waals surface area contributed by atoms with E-state index in [1.807, 2.05) is 36.4 Å². The smallest absolute Gasteiger partial charge is 0.164 e. The van der Waals surface area contributed by atoms with Gasteiger partial charge in [0.1, 0.15) is 0 Å². The summed E-state index contributed by atoms with van der Waals surface area (Å²) in [4.78, 5) is 18.0. The molecule has 68 heavy (non-hydrogen) atoms. The lowest BCUT2D eigenvalue weighted by atomic mass is 9.68. The maximum absolute atomic E-state index is 5.29. The molecule has 0 bridgehead atoms. The van der Waals surface area contributed by atoms with Gasteiger partial charge in [-0.2, -0.15) is 0 Å². The fraction of sp³-hybridized carbons (Fsp3) is 0.0156. The van der Waals surface area contributed by atoms with Crippen molar-refractivity contribution in [3.05, 3.63) is 265 Å². The minimum absolute atomic E-state index is 0.631. The summed E-state index contributed by atoms with van der Waals surface area (Å²) >= 11 is 0. The van der Waals surface area contributed by atoms with E-state index in [-0.39, 0.29) is 0 Å². The van der Waals surface area contributed by atoms with Crippen molar-refractivity contribution in [2.45, 2.75) is 5.41 Å². The normalized spacial score (nSPS) is 14.2. The molecule has 1 spiro atoms. The van der Waals surface area contributed by atoms with Crippen LogP contribution >= 0.6 is 0 Å². The quantitative estimate of drug-likeness (QED) is 0.156. The molecule has 11 aromatic carbocycles. The number of nitrogens with zero attached hydrogens (tertiary/aromatic N) is 4. The standard InChI is InChI=1S/C64H40N4/c1-5-20-42(21-6-1)61-65-62(43-22-7-2-8-23-43)67-63(66-61)44-34-36-50-51-38-35-47(68(45-24-9-3-10-25-45)46-26-11-4-12-27-46)40-57(51)64(56(50)39-44)55-32-18-17-31-54(55)59-52-30-16-15-29-49(52)53-37-33-41-19-13-14-28-48(41)58(53)60(59)64/h1-40H. The molecule has 0 saturated carbocycles. The van der Waals surface area contributed by atoms with Crippen LogP contribution in [-0.2, 0) is 5.41 Å². The Kier molecular flexibility index (Phi) is 8.46. The van der Waals surface area contributed by atoms with Gasteiger partial charge in [0.15, 0.2) is 17.5 Å². The Morgan fingerprint density at radius 1 is 0.309 bits per heavy atom. The zero-order valence-corrected chi connectivity index (χ0v) is 36.9. The molecule has 4 heteroatoms. The summed E-state index contributed by atoms with van der Waals surface area (Å²) in [5, 5.41) is 7.50. The van der Waals surface area contributed by atoms with Crippen LogP contribution in [0.2, 0.25) is 0 Å². The van der Waals surface area contributed by atoms with Gasteiger partial charge >= 0.3 is 0 Å². The van der Waals surface area contributed by atoms with Gasteiger partial charge in [-0.25, -0.2) is 15.0 Å². The van der Waals surface area contributed by atoms with Gasteiger partial charge in [-0.15, -0.1) is 0 Å². The Morgan fingerprint density at radius 3 is 1.49 bits per heavy atom. The van der Waals surface area contributed by atoms with E-state index >= 15 is 0 Å². The first-order valence-electron chi connectivity index (χ1n) is 23.3. The van der Waals surface area contributed by atoms with Crippen molar-refractivity contribution in [2.75, 3.05) is 4.90 Å². The lowest BCUT2D eigenvalue weighted by Gasteiger charge is -2.33. The molecular formula is C64H40N4. The minimum Gasteiger partial charge on any atom is -0.310 e.